The van der Waals surface area contributed by atoms with Gasteiger partial charge in [0.15, 0.2) is 5.11 Å². The fourth-order valence-corrected chi connectivity index (χ4v) is 4.51. The topological polar surface area (TPSA) is 28.5 Å². The largest absolute Gasteiger partial charge is 0.350 e. The van der Waals surface area contributed by atoms with Gasteiger partial charge in [-0.1, -0.05) is 49.5 Å². The van der Waals surface area contributed by atoms with Gasteiger partial charge in [0.25, 0.3) is 0 Å². The summed E-state index contributed by atoms with van der Waals surface area (Å²) in [5.74, 6) is 0.388. The lowest BCUT2D eigenvalue weighted by Gasteiger charge is -2.45. The molecular formula is C15H20N3S2+. The van der Waals surface area contributed by atoms with Gasteiger partial charge in [-0.3, -0.25) is 0 Å². The van der Waals surface area contributed by atoms with Crippen LogP contribution in [0.25, 0.3) is 0 Å². The van der Waals surface area contributed by atoms with Crippen LogP contribution in [0.1, 0.15) is 24.9 Å². The summed E-state index contributed by atoms with van der Waals surface area (Å²) in [7, 11) is 2.27. The minimum absolute atomic E-state index is 0.174. The fraction of sp³-hybridized carbons (Fsp3) is 0.467. The lowest BCUT2D eigenvalue weighted by molar-refractivity contribution is -0.923. The van der Waals surface area contributed by atoms with E-state index in [0.29, 0.717) is 17.1 Å². The van der Waals surface area contributed by atoms with Crippen LogP contribution >= 0.6 is 24.4 Å². The Morgan fingerprint density at radius 3 is 2.55 bits per heavy atom. The van der Waals surface area contributed by atoms with Crippen LogP contribution in [0.4, 0.5) is 0 Å². The Bertz CT molecular complexity index is 545. The van der Waals surface area contributed by atoms with E-state index in [1.165, 1.54) is 10.5 Å². The number of benzene rings is 1. The van der Waals surface area contributed by atoms with E-state index in [1.54, 1.807) is 0 Å². The van der Waals surface area contributed by atoms with Crippen molar-refractivity contribution in [3.05, 3.63) is 35.9 Å². The molecule has 0 aliphatic carbocycles. The second-order valence-electron chi connectivity index (χ2n) is 5.90. The highest BCUT2D eigenvalue weighted by atomic mass is 32.1. The van der Waals surface area contributed by atoms with Crippen molar-refractivity contribution >= 4 is 34.5 Å². The maximum Gasteiger partial charge on any atom is 0.172 e. The van der Waals surface area contributed by atoms with Crippen LogP contribution in [0.3, 0.4) is 0 Å². The van der Waals surface area contributed by atoms with Gasteiger partial charge in [-0.05, 0) is 12.2 Å². The van der Waals surface area contributed by atoms with E-state index in [1.807, 2.05) is 0 Å². The molecule has 3 rings (SSSR count). The van der Waals surface area contributed by atoms with E-state index >= 15 is 0 Å². The summed E-state index contributed by atoms with van der Waals surface area (Å²) in [6.07, 6.45) is 1.02. The number of hydrogen-bond donors (Lipinski definition) is 3. The molecule has 3 N–H and O–H groups in total. The van der Waals surface area contributed by atoms with Crippen LogP contribution in [0, 0.1) is 5.92 Å². The van der Waals surface area contributed by atoms with Crippen molar-refractivity contribution in [2.45, 2.75) is 24.9 Å². The molecule has 5 heteroatoms. The van der Waals surface area contributed by atoms with Crippen molar-refractivity contribution in [1.82, 2.24) is 10.6 Å². The van der Waals surface area contributed by atoms with Crippen molar-refractivity contribution in [1.29, 1.82) is 0 Å². The van der Waals surface area contributed by atoms with E-state index in [0.717, 1.165) is 18.0 Å². The van der Waals surface area contributed by atoms with E-state index < -0.39 is 0 Å². The molecule has 2 saturated heterocycles. The Balaban J connectivity index is 1.99. The minimum Gasteiger partial charge on any atom is -0.350 e. The predicted molar refractivity (Wildman–Crippen MR) is 88.9 cm³/mol. The Hall–Kier alpha value is -1.04. The molecule has 0 radical (unpaired) electrons. The quantitative estimate of drug-likeness (QED) is 0.670. The van der Waals surface area contributed by atoms with Gasteiger partial charge in [0.1, 0.15) is 16.6 Å². The van der Waals surface area contributed by atoms with Crippen LogP contribution in [-0.4, -0.2) is 29.2 Å². The van der Waals surface area contributed by atoms with Crippen LogP contribution in [-0.2, 0) is 0 Å². The van der Waals surface area contributed by atoms with Crippen molar-refractivity contribution in [2.75, 3.05) is 13.6 Å². The molecule has 1 aromatic rings. The third kappa shape index (κ3) is 2.05. The molecule has 2 aliphatic heterocycles. The molecule has 106 valence electrons. The van der Waals surface area contributed by atoms with Gasteiger partial charge in [0.05, 0.1) is 13.6 Å². The number of rotatable bonds is 1. The van der Waals surface area contributed by atoms with Crippen LogP contribution in [0.5, 0.6) is 0 Å². The molecule has 0 amide bonds. The third-order valence-electron chi connectivity index (χ3n) is 4.85. The first-order chi connectivity index (χ1) is 9.54. The molecule has 1 spiro atoms. The van der Waals surface area contributed by atoms with Crippen LogP contribution < -0.4 is 15.5 Å². The van der Waals surface area contributed by atoms with Gasteiger partial charge in [0.2, 0.25) is 0 Å². The fourth-order valence-electron chi connectivity index (χ4n) is 3.72. The van der Waals surface area contributed by atoms with Gasteiger partial charge < -0.3 is 15.5 Å². The Morgan fingerprint density at radius 2 is 1.95 bits per heavy atom. The van der Waals surface area contributed by atoms with Crippen LogP contribution in [0.15, 0.2) is 30.3 Å². The summed E-state index contributed by atoms with van der Waals surface area (Å²) in [5, 5.41) is 7.27. The molecule has 3 nitrogen and oxygen atoms in total. The van der Waals surface area contributed by atoms with E-state index in [-0.39, 0.29) is 5.54 Å². The second kappa shape index (κ2) is 5.06. The number of likely N-dealkylation sites (tertiary alicyclic amines) is 1. The SMILES string of the molecule is C[C@H]1[C@@H](c2ccccc2)[NH+](C)CC[C@]12NC(=S)NC2=S. The summed E-state index contributed by atoms with van der Waals surface area (Å²) < 4.78 is 0. The van der Waals surface area contributed by atoms with Gasteiger partial charge in [-0.15, -0.1) is 0 Å². The normalized spacial score (nSPS) is 36.8. The first-order valence-corrected chi connectivity index (χ1v) is 7.87. The number of hydrogen-bond acceptors (Lipinski definition) is 2. The zero-order chi connectivity index (χ0) is 14.3. The monoisotopic (exact) mass is 306 g/mol. The zero-order valence-electron chi connectivity index (χ0n) is 11.8. The molecule has 0 saturated carbocycles. The zero-order valence-corrected chi connectivity index (χ0v) is 13.4. The summed E-state index contributed by atoms with van der Waals surface area (Å²) in [6, 6.07) is 11.1. The molecule has 1 aromatic carbocycles. The van der Waals surface area contributed by atoms with Crippen LogP contribution in [0.2, 0.25) is 0 Å². The summed E-state index contributed by atoms with van der Waals surface area (Å²) in [6.45, 7) is 3.37. The maximum absolute atomic E-state index is 5.58. The first kappa shape index (κ1) is 13.9. The summed E-state index contributed by atoms with van der Waals surface area (Å²) in [5.41, 5.74) is 1.20. The molecule has 2 heterocycles. The molecule has 1 unspecified atom stereocenters. The average Bonchev–Trinajstić information content (AvgIpc) is 2.72. The Labute approximate surface area is 130 Å². The highest BCUT2D eigenvalue weighted by molar-refractivity contribution is 7.82. The smallest absolute Gasteiger partial charge is 0.172 e. The minimum atomic E-state index is -0.174. The second-order valence-corrected chi connectivity index (χ2v) is 6.72. The van der Waals surface area contributed by atoms with Crippen molar-refractivity contribution < 1.29 is 4.90 Å². The van der Waals surface area contributed by atoms with Crippen molar-refractivity contribution in [2.24, 2.45) is 5.92 Å². The lowest BCUT2D eigenvalue weighted by atomic mass is 9.72. The number of piperidine rings is 1. The number of nitrogens with one attached hydrogen (secondary N) is 3. The van der Waals surface area contributed by atoms with Gasteiger partial charge >= 0.3 is 0 Å². The summed E-state index contributed by atoms with van der Waals surface area (Å²) >= 11 is 10.8. The number of quaternary nitrogens is 1. The van der Waals surface area contributed by atoms with Gasteiger partial charge in [0, 0.05) is 17.9 Å². The maximum atomic E-state index is 5.58. The average molecular weight is 306 g/mol. The third-order valence-corrected chi connectivity index (χ3v) is 5.52. The van der Waals surface area contributed by atoms with E-state index in [9.17, 15) is 0 Å². The van der Waals surface area contributed by atoms with E-state index in [4.69, 9.17) is 24.4 Å². The molecular weight excluding hydrogens is 286 g/mol. The predicted octanol–water partition coefficient (Wildman–Crippen LogP) is 0.826. The molecule has 2 fully saturated rings. The Morgan fingerprint density at radius 1 is 1.25 bits per heavy atom. The van der Waals surface area contributed by atoms with E-state index in [2.05, 4.69) is 54.9 Å². The van der Waals surface area contributed by atoms with Gasteiger partial charge in [-0.25, -0.2) is 0 Å². The molecule has 2 aliphatic rings. The lowest BCUT2D eigenvalue weighted by Crippen LogP contribution is -3.12. The summed E-state index contributed by atoms with van der Waals surface area (Å²) in [4.78, 5) is 2.40. The molecule has 0 aromatic heterocycles. The molecule has 0 bridgehead atoms. The first-order valence-electron chi connectivity index (χ1n) is 7.05. The highest BCUT2D eigenvalue weighted by Crippen LogP contribution is 2.36. The Kier molecular flexibility index (Phi) is 3.52. The molecule has 4 atom stereocenters. The standard InChI is InChI=1S/C15H19N3S2/c1-10-12(11-6-4-3-5-7-11)18(2)9-8-15(10)13(19)16-14(20)17-15/h3-7,10,12H,8-9H2,1-2H3,(H2,16,17,19,20)/p+1/t10-,12-,15-/m0/s1. The van der Waals surface area contributed by atoms with Gasteiger partial charge in [-0.2, -0.15) is 0 Å². The molecule has 20 heavy (non-hydrogen) atoms. The van der Waals surface area contributed by atoms with Crippen molar-refractivity contribution in [3.8, 4) is 0 Å². The highest BCUT2D eigenvalue weighted by Gasteiger charge is 2.54. The number of thiocarbonyl (C=S) groups is 2. The van der Waals surface area contributed by atoms with Crippen molar-refractivity contribution in [3.63, 3.8) is 0 Å².